The molecule has 2 aromatic heterocycles. The van der Waals surface area contributed by atoms with Crippen molar-refractivity contribution in [1.82, 2.24) is 15.0 Å². The van der Waals surface area contributed by atoms with Crippen molar-refractivity contribution in [3.8, 4) is 11.3 Å². The largest absolute Gasteiger partial charge is 0.394 e. The van der Waals surface area contributed by atoms with Gasteiger partial charge in [-0.05, 0) is 36.2 Å². The summed E-state index contributed by atoms with van der Waals surface area (Å²) in [6.45, 7) is 3.95. The topological polar surface area (TPSA) is 83.0 Å². The molecule has 0 amide bonds. The first-order valence-electron chi connectivity index (χ1n) is 8.85. The fourth-order valence-electron chi connectivity index (χ4n) is 2.56. The monoisotopic (exact) mass is 401 g/mol. The Morgan fingerprint density at radius 2 is 1.86 bits per heavy atom. The number of anilines is 3. The summed E-state index contributed by atoms with van der Waals surface area (Å²) in [7, 11) is 0. The summed E-state index contributed by atoms with van der Waals surface area (Å²) in [5, 5.41) is 16.1. The maximum Gasteiger partial charge on any atom is 0.225 e. The molecule has 6 nitrogen and oxygen atoms in total. The second kappa shape index (κ2) is 8.95. The van der Waals surface area contributed by atoms with E-state index in [-0.39, 0.29) is 23.6 Å². The van der Waals surface area contributed by atoms with Crippen LogP contribution in [0.5, 0.6) is 0 Å². The van der Waals surface area contributed by atoms with Crippen LogP contribution in [0.15, 0.2) is 48.8 Å². The fourth-order valence-corrected chi connectivity index (χ4v) is 2.78. The van der Waals surface area contributed by atoms with E-state index in [1.165, 1.54) is 12.1 Å². The number of nitrogens with zero attached hydrogens (tertiary/aromatic N) is 3. The Bertz CT molecular complexity index is 939. The molecule has 0 saturated heterocycles. The van der Waals surface area contributed by atoms with Crippen LogP contribution in [-0.4, -0.2) is 32.7 Å². The number of aromatic nitrogens is 3. The lowest BCUT2D eigenvalue weighted by Crippen LogP contribution is -2.30. The molecule has 1 atom stereocenters. The van der Waals surface area contributed by atoms with Gasteiger partial charge in [0.1, 0.15) is 11.6 Å². The molecule has 0 spiro atoms. The molecule has 3 N–H and O–H groups in total. The van der Waals surface area contributed by atoms with Crippen LogP contribution in [0.1, 0.15) is 13.8 Å². The zero-order valence-corrected chi connectivity index (χ0v) is 16.3. The third-order valence-electron chi connectivity index (χ3n) is 4.21. The van der Waals surface area contributed by atoms with E-state index in [4.69, 9.17) is 11.6 Å². The Kier molecular flexibility index (Phi) is 6.38. The van der Waals surface area contributed by atoms with Crippen LogP contribution in [0.2, 0.25) is 5.02 Å². The summed E-state index contributed by atoms with van der Waals surface area (Å²) >= 11 is 6.12. The third-order valence-corrected chi connectivity index (χ3v) is 4.52. The third kappa shape index (κ3) is 4.94. The van der Waals surface area contributed by atoms with Gasteiger partial charge in [-0.1, -0.05) is 25.4 Å². The Hall–Kier alpha value is -2.77. The second-order valence-corrected chi connectivity index (χ2v) is 7.03. The molecule has 0 saturated carbocycles. The molecule has 1 aromatic carbocycles. The van der Waals surface area contributed by atoms with E-state index in [9.17, 15) is 9.50 Å². The predicted octanol–water partition coefficient (Wildman–Crippen LogP) is 4.50. The number of aliphatic hydroxyl groups excluding tert-OH is 1. The van der Waals surface area contributed by atoms with Crippen LogP contribution >= 0.6 is 11.6 Å². The van der Waals surface area contributed by atoms with Crippen molar-refractivity contribution in [2.45, 2.75) is 19.9 Å². The number of halogens is 2. The average Bonchev–Trinajstić information content (AvgIpc) is 2.68. The van der Waals surface area contributed by atoms with E-state index in [2.05, 4.69) is 25.6 Å². The SMILES string of the molecule is CC(C)[C@@H](CO)Nc1nc(Nc2ccc(F)cc2Cl)cc(-c2ccncc2)n1. The minimum Gasteiger partial charge on any atom is -0.394 e. The smallest absolute Gasteiger partial charge is 0.225 e. The van der Waals surface area contributed by atoms with Crippen molar-refractivity contribution in [2.75, 3.05) is 17.2 Å². The van der Waals surface area contributed by atoms with Gasteiger partial charge in [-0.15, -0.1) is 0 Å². The minimum atomic E-state index is -0.416. The molecule has 0 aliphatic heterocycles. The zero-order valence-electron chi connectivity index (χ0n) is 15.5. The van der Waals surface area contributed by atoms with Gasteiger partial charge in [0.25, 0.3) is 0 Å². The standard InChI is InChI=1S/C20H21ClFN5O/c1-12(2)18(11-28)26-20-25-17(13-5-7-23-8-6-13)10-19(27-20)24-16-4-3-14(22)9-15(16)21/h3-10,12,18,28H,11H2,1-2H3,(H2,24,25,26,27)/t18-/m1/s1. The number of nitrogens with one attached hydrogen (secondary N) is 2. The van der Waals surface area contributed by atoms with Gasteiger partial charge in [-0.25, -0.2) is 9.37 Å². The number of aliphatic hydroxyl groups is 1. The molecule has 2 heterocycles. The van der Waals surface area contributed by atoms with Crippen molar-refractivity contribution in [3.63, 3.8) is 0 Å². The quantitative estimate of drug-likeness (QED) is 0.540. The van der Waals surface area contributed by atoms with Gasteiger partial charge in [-0.3, -0.25) is 4.98 Å². The molecule has 8 heteroatoms. The number of rotatable bonds is 7. The van der Waals surface area contributed by atoms with E-state index >= 15 is 0 Å². The molecule has 0 fully saturated rings. The highest BCUT2D eigenvalue weighted by atomic mass is 35.5. The number of pyridine rings is 1. The van der Waals surface area contributed by atoms with Crippen molar-refractivity contribution >= 4 is 29.1 Å². The Morgan fingerprint density at radius 1 is 1.11 bits per heavy atom. The molecule has 0 radical (unpaired) electrons. The molecule has 0 unspecified atom stereocenters. The Balaban J connectivity index is 1.99. The van der Waals surface area contributed by atoms with E-state index in [1.807, 2.05) is 26.0 Å². The molecular weight excluding hydrogens is 381 g/mol. The van der Waals surface area contributed by atoms with E-state index in [1.54, 1.807) is 24.5 Å². The minimum absolute atomic E-state index is 0.0485. The van der Waals surface area contributed by atoms with E-state index < -0.39 is 5.82 Å². The van der Waals surface area contributed by atoms with Crippen LogP contribution in [0, 0.1) is 11.7 Å². The second-order valence-electron chi connectivity index (χ2n) is 6.62. The maximum absolute atomic E-state index is 13.3. The van der Waals surface area contributed by atoms with E-state index in [0.29, 0.717) is 23.1 Å². The van der Waals surface area contributed by atoms with Crippen LogP contribution < -0.4 is 10.6 Å². The summed E-state index contributed by atoms with van der Waals surface area (Å²) in [6.07, 6.45) is 3.36. The first kappa shape index (κ1) is 20.0. The van der Waals surface area contributed by atoms with Crippen LogP contribution in [0.3, 0.4) is 0 Å². The summed E-state index contributed by atoms with van der Waals surface area (Å²) in [5.74, 6) is 0.614. The van der Waals surface area contributed by atoms with Gasteiger partial charge < -0.3 is 15.7 Å². The van der Waals surface area contributed by atoms with Crippen molar-refractivity contribution in [1.29, 1.82) is 0 Å². The van der Waals surface area contributed by atoms with Gasteiger partial charge in [0, 0.05) is 24.0 Å². The van der Waals surface area contributed by atoms with Gasteiger partial charge in [0.15, 0.2) is 0 Å². The van der Waals surface area contributed by atoms with Gasteiger partial charge in [-0.2, -0.15) is 4.98 Å². The van der Waals surface area contributed by atoms with Gasteiger partial charge >= 0.3 is 0 Å². The lowest BCUT2D eigenvalue weighted by atomic mass is 10.1. The first-order chi connectivity index (χ1) is 13.5. The fraction of sp³-hybridized carbons (Fsp3) is 0.250. The zero-order chi connectivity index (χ0) is 20.1. The highest BCUT2D eigenvalue weighted by Gasteiger charge is 2.15. The maximum atomic E-state index is 13.3. The molecule has 3 rings (SSSR count). The van der Waals surface area contributed by atoms with Crippen LogP contribution in [0.25, 0.3) is 11.3 Å². The summed E-state index contributed by atoms with van der Waals surface area (Å²) in [5.41, 5.74) is 2.05. The average molecular weight is 402 g/mol. The van der Waals surface area contributed by atoms with Crippen molar-refractivity contribution in [3.05, 3.63) is 59.6 Å². The Morgan fingerprint density at radius 3 is 2.50 bits per heavy atom. The van der Waals surface area contributed by atoms with Gasteiger partial charge in [0.2, 0.25) is 5.95 Å². The highest BCUT2D eigenvalue weighted by molar-refractivity contribution is 6.33. The predicted molar refractivity (Wildman–Crippen MR) is 109 cm³/mol. The van der Waals surface area contributed by atoms with Crippen molar-refractivity contribution in [2.24, 2.45) is 5.92 Å². The van der Waals surface area contributed by atoms with Crippen LogP contribution in [-0.2, 0) is 0 Å². The van der Waals surface area contributed by atoms with Crippen LogP contribution in [0.4, 0.5) is 21.8 Å². The summed E-state index contributed by atoms with van der Waals surface area (Å²) in [6, 6.07) is 9.34. The number of hydrogen-bond acceptors (Lipinski definition) is 6. The molecule has 28 heavy (non-hydrogen) atoms. The molecule has 0 aliphatic carbocycles. The molecule has 0 bridgehead atoms. The molecule has 0 aliphatic rings. The molecular formula is C20H21ClFN5O. The molecule has 146 valence electrons. The number of benzene rings is 1. The lowest BCUT2D eigenvalue weighted by molar-refractivity contribution is 0.248. The van der Waals surface area contributed by atoms with E-state index in [0.717, 1.165) is 5.56 Å². The molecule has 3 aromatic rings. The summed E-state index contributed by atoms with van der Waals surface area (Å²) in [4.78, 5) is 13.1. The first-order valence-corrected chi connectivity index (χ1v) is 9.23. The van der Waals surface area contributed by atoms with Gasteiger partial charge in [0.05, 0.1) is 29.1 Å². The highest BCUT2D eigenvalue weighted by Crippen LogP contribution is 2.28. The number of hydrogen-bond donors (Lipinski definition) is 3. The normalized spacial score (nSPS) is 12.1. The van der Waals surface area contributed by atoms with Crippen molar-refractivity contribution < 1.29 is 9.50 Å². The Labute approximate surface area is 167 Å². The lowest BCUT2D eigenvalue weighted by Gasteiger charge is -2.21. The summed E-state index contributed by atoms with van der Waals surface area (Å²) < 4.78 is 13.3.